The Morgan fingerprint density at radius 1 is 1.21 bits per heavy atom. The molecule has 0 fully saturated rings. The Hall–Kier alpha value is -1.84. The number of hydrogen-bond donors (Lipinski definition) is 1. The third-order valence-electron chi connectivity index (χ3n) is 3.34. The first-order valence-corrected chi connectivity index (χ1v) is 6.36. The van der Waals surface area contributed by atoms with E-state index in [9.17, 15) is 9.59 Å². The molecule has 4 nitrogen and oxygen atoms in total. The summed E-state index contributed by atoms with van der Waals surface area (Å²) >= 11 is 0. The molecule has 1 N–H and O–H groups in total. The summed E-state index contributed by atoms with van der Waals surface area (Å²) in [4.78, 5) is 22.7. The van der Waals surface area contributed by atoms with E-state index in [2.05, 4.69) is 4.74 Å². The molecule has 0 aliphatic rings. The van der Waals surface area contributed by atoms with Crippen LogP contribution in [0.4, 0.5) is 0 Å². The summed E-state index contributed by atoms with van der Waals surface area (Å²) < 4.78 is 4.57. The number of carbonyl (C=O) groups excluding carboxylic acids is 1. The van der Waals surface area contributed by atoms with Crippen molar-refractivity contribution in [2.75, 3.05) is 7.11 Å². The van der Waals surface area contributed by atoms with Crippen molar-refractivity contribution in [3.63, 3.8) is 0 Å². The number of benzene rings is 1. The minimum absolute atomic E-state index is 0.293. The average Bonchev–Trinajstić information content (AvgIpc) is 2.43. The Kier molecular flexibility index (Phi) is 5.55. The highest BCUT2D eigenvalue weighted by Crippen LogP contribution is 2.26. The quantitative estimate of drug-likeness (QED) is 0.467. The van der Waals surface area contributed by atoms with E-state index in [0.29, 0.717) is 12.8 Å². The monoisotopic (exact) mass is 264 g/mol. The zero-order chi connectivity index (χ0) is 14.3. The number of hydrogen-bond acceptors (Lipinski definition) is 3. The van der Waals surface area contributed by atoms with Crippen LogP contribution in [0.5, 0.6) is 0 Å². The topological polar surface area (TPSA) is 63.6 Å². The van der Waals surface area contributed by atoms with Crippen molar-refractivity contribution in [2.24, 2.45) is 5.41 Å². The van der Waals surface area contributed by atoms with E-state index in [1.807, 2.05) is 30.3 Å². The number of carbonyl (C=O) groups is 2. The highest BCUT2D eigenvalue weighted by molar-refractivity contribution is 5.98. The SMILES string of the molecule is COC(=O)C(C)(CCCCc1ccccc1)C(=O)O. The van der Waals surface area contributed by atoms with Gasteiger partial charge in [-0.05, 0) is 31.7 Å². The van der Waals surface area contributed by atoms with Crippen LogP contribution < -0.4 is 0 Å². The molecule has 0 saturated carbocycles. The van der Waals surface area contributed by atoms with Crippen LogP contribution >= 0.6 is 0 Å². The van der Waals surface area contributed by atoms with Crippen molar-refractivity contribution in [1.29, 1.82) is 0 Å². The molecule has 1 aromatic rings. The van der Waals surface area contributed by atoms with E-state index < -0.39 is 17.4 Å². The first-order valence-electron chi connectivity index (χ1n) is 6.36. The van der Waals surface area contributed by atoms with Crippen molar-refractivity contribution in [3.05, 3.63) is 35.9 Å². The zero-order valence-corrected chi connectivity index (χ0v) is 11.4. The fourth-order valence-electron chi connectivity index (χ4n) is 1.97. The maximum absolute atomic E-state index is 11.5. The predicted octanol–water partition coefficient (Wildman–Crippen LogP) is 2.66. The maximum atomic E-state index is 11.5. The van der Waals surface area contributed by atoms with Gasteiger partial charge in [0, 0.05) is 0 Å². The molecular formula is C15H20O4. The molecule has 0 bridgehead atoms. The molecule has 0 radical (unpaired) electrons. The summed E-state index contributed by atoms with van der Waals surface area (Å²) in [6.45, 7) is 1.42. The first kappa shape index (κ1) is 15.2. The van der Waals surface area contributed by atoms with Crippen LogP contribution in [-0.2, 0) is 20.7 Å². The average molecular weight is 264 g/mol. The van der Waals surface area contributed by atoms with Gasteiger partial charge in [0.25, 0.3) is 0 Å². The Morgan fingerprint density at radius 2 is 1.84 bits per heavy atom. The van der Waals surface area contributed by atoms with Crippen LogP contribution in [0.2, 0.25) is 0 Å². The van der Waals surface area contributed by atoms with Gasteiger partial charge in [-0.25, -0.2) is 0 Å². The highest BCUT2D eigenvalue weighted by Gasteiger charge is 2.41. The largest absolute Gasteiger partial charge is 0.480 e. The summed E-state index contributed by atoms with van der Waals surface area (Å²) in [5, 5.41) is 9.15. The normalized spacial score (nSPS) is 13.6. The maximum Gasteiger partial charge on any atom is 0.322 e. The molecule has 0 aromatic heterocycles. The lowest BCUT2D eigenvalue weighted by molar-refractivity contribution is -0.166. The fourth-order valence-corrected chi connectivity index (χ4v) is 1.97. The van der Waals surface area contributed by atoms with Gasteiger partial charge in [0.15, 0.2) is 5.41 Å². The number of aryl methyl sites for hydroxylation is 1. The van der Waals surface area contributed by atoms with E-state index in [0.717, 1.165) is 12.8 Å². The Balaban J connectivity index is 2.46. The number of esters is 1. The van der Waals surface area contributed by atoms with Gasteiger partial charge >= 0.3 is 11.9 Å². The molecule has 19 heavy (non-hydrogen) atoms. The number of carboxylic acids is 1. The first-order chi connectivity index (χ1) is 9.00. The van der Waals surface area contributed by atoms with Crippen molar-refractivity contribution in [2.45, 2.75) is 32.6 Å². The molecular weight excluding hydrogens is 244 g/mol. The molecule has 0 spiro atoms. The standard InChI is InChI=1S/C15H20O4/c1-15(13(16)17,14(18)19-2)11-7-6-10-12-8-4-3-5-9-12/h3-5,8-9H,6-7,10-11H2,1-2H3,(H,16,17). The van der Waals surface area contributed by atoms with Crippen molar-refractivity contribution in [3.8, 4) is 0 Å². The van der Waals surface area contributed by atoms with Gasteiger partial charge in [-0.3, -0.25) is 9.59 Å². The van der Waals surface area contributed by atoms with E-state index in [1.54, 1.807) is 0 Å². The molecule has 1 aromatic carbocycles. The van der Waals surface area contributed by atoms with E-state index in [4.69, 9.17) is 5.11 Å². The number of rotatable bonds is 7. The van der Waals surface area contributed by atoms with Crippen molar-refractivity contribution >= 4 is 11.9 Å². The molecule has 0 aliphatic heterocycles. The van der Waals surface area contributed by atoms with Gasteiger partial charge in [-0.1, -0.05) is 36.8 Å². The number of aliphatic carboxylic acids is 1. The molecule has 104 valence electrons. The van der Waals surface area contributed by atoms with Gasteiger partial charge in [0.05, 0.1) is 7.11 Å². The molecule has 1 atom stereocenters. The molecule has 1 rings (SSSR count). The van der Waals surface area contributed by atoms with Gasteiger partial charge in [0.2, 0.25) is 0 Å². The number of unbranched alkanes of at least 4 members (excludes halogenated alkanes) is 1. The van der Waals surface area contributed by atoms with Gasteiger partial charge in [0.1, 0.15) is 0 Å². The minimum Gasteiger partial charge on any atom is -0.480 e. The molecule has 1 unspecified atom stereocenters. The second-order valence-corrected chi connectivity index (χ2v) is 4.82. The third-order valence-corrected chi connectivity index (χ3v) is 3.34. The van der Waals surface area contributed by atoms with Crippen LogP contribution in [0.1, 0.15) is 31.7 Å². The summed E-state index contributed by atoms with van der Waals surface area (Å²) in [6.07, 6.45) is 2.70. The lowest BCUT2D eigenvalue weighted by Gasteiger charge is -2.21. The lowest BCUT2D eigenvalue weighted by Crippen LogP contribution is -2.37. The third kappa shape index (κ3) is 4.09. The molecule has 4 heteroatoms. The summed E-state index contributed by atoms with van der Waals surface area (Å²) in [7, 11) is 1.22. The fraction of sp³-hybridized carbons (Fsp3) is 0.467. The summed E-state index contributed by atoms with van der Waals surface area (Å²) in [6, 6.07) is 9.99. The molecule has 0 heterocycles. The van der Waals surface area contributed by atoms with E-state index in [1.165, 1.54) is 19.6 Å². The number of ether oxygens (including phenoxy) is 1. The number of carboxylic acid groups (broad SMARTS) is 1. The van der Waals surface area contributed by atoms with Gasteiger partial charge < -0.3 is 9.84 Å². The smallest absolute Gasteiger partial charge is 0.322 e. The molecule has 0 amide bonds. The van der Waals surface area contributed by atoms with Crippen LogP contribution in [0.25, 0.3) is 0 Å². The Bertz CT molecular complexity index is 427. The molecule has 0 aliphatic carbocycles. The Morgan fingerprint density at radius 3 is 2.37 bits per heavy atom. The van der Waals surface area contributed by atoms with Crippen LogP contribution in [0.3, 0.4) is 0 Å². The number of methoxy groups -OCH3 is 1. The van der Waals surface area contributed by atoms with Crippen molar-refractivity contribution in [1.82, 2.24) is 0 Å². The van der Waals surface area contributed by atoms with Crippen LogP contribution in [0, 0.1) is 5.41 Å². The van der Waals surface area contributed by atoms with E-state index >= 15 is 0 Å². The minimum atomic E-state index is -1.44. The van der Waals surface area contributed by atoms with Gasteiger partial charge in [-0.15, -0.1) is 0 Å². The molecule has 0 saturated heterocycles. The van der Waals surface area contributed by atoms with E-state index in [-0.39, 0.29) is 0 Å². The van der Waals surface area contributed by atoms with Crippen molar-refractivity contribution < 1.29 is 19.4 Å². The second kappa shape index (κ2) is 6.92. The highest BCUT2D eigenvalue weighted by atomic mass is 16.5. The lowest BCUT2D eigenvalue weighted by atomic mass is 9.84. The van der Waals surface area contributed by atoms with Crippen LogP contribution in [0.15, 0.2) is 30.3 Å². The predicted molar refractivity (Wildman–Crippen MR) is 71.8 cm³/mol. The summed E-state index contributed by atoms with van der Waals surface area (Å²) in [5.74, 6) is -1.81. The van der Waals surface area contributed by atoms with Gasteiger partial charge in [-0.2, -0.15) is 0 Å². The van der Waals surface area contributed by atoms with Crippen LogP contribution in [-0.4, -0.2) is 24.2 Å². The second-order valence-electron chi connectivity index (χ2n) is 4.82. The zero-order valence-electron chi connectivity index (χ0n) is 11.4. The summed E-state index contributed by atoms with van der Waals surface area (Å²) in [5.41, 5.74) is -0.219. The Labute approximate surface area is 113 Å².